The predicted molar refractivity (Wildman–Crippen MR) is 95.8 cm³/mol. The quantitative estimate of drug-likeness (QED) is 0.741. The molecular formula is C19H17N7O. The Kier molecular flexibility index (Phi) is 3.47. The summed E-state index contributed by atoms with van der Waals surface area (Å²) in [5.74, 6) is 0.778. The third-order valence-electron chi connectivity index (χ3n) is 5.38. The number of hydrogen-bond donors (Lipinski definition) is 2. The smallest absolute Gasteiger partial charge is 0.221 e. The molecule has 1 atom stereocenters. The van der Waals surface area contributed by atoms with Gasteiger partial charge in [0.05, 0.1) is 35.3 Å². The van der Waals surface area contributed by atoms with E-state index >= 15 is 0 Å². The molecule has 134 valence electrons. The first-order chi connectivity index (χ1) is 13.3. The number of allylic oxidation sites excluding steroid dienone is 1. The van der Waals surface area contributed by atoms with Gasteiger partial charge in [-0.3, -0.25) is 0 Å². The van der Waals surface area contributed by atoms with Gasteiger partial charge in [0.2, 0.25) is 11.8 Å². The number of ether oxygens (including phenoxy) is 1. The Hall–Kier alpha value is -3.60. The van der Waals surface area contributed by atoms with E-state index in [9.17, 15) is 5.26 Å². The number of aromatic amines is 1. The minimum Gasteiger partial charge on any atom is -0.422 e. The van der Waals surface area contributed by atoms with Crippen molar-refractivity contribution in [1.82, 2.24) is 25.2 Å². The summed E-state index contributed by atoms with van der Waals surface area (Å²) >= 11 is 0. The van der Waals surface area contributed by atoms with Crippen LogP contribution >= 0.6 is 0 Å². The number of nitriles is 1. The molecule has 1 unspecified atom stereocenters. The van der Waals surface area contributed by atoms with Gasteiger partial charge in [0.15, 0.2) is 0 Å². The zero-order valence-electron chi connectivity index (χ0n) is 14.5. The van der Waals surface area contributed by atoms with Crippen molar-refractivity contribution < 1.29 is 4.74 Å². The monoisotopic (exact) mass is 359 g/mol. The topological polar surface area (TPSA) is 118 Å². The fourth-order valence-corrected chi connectivity index (χ4v) is 3.77. The molecular weight excluding hydrogens is 342 g/mol. The number of benzene rings is 1. The lowest BCUT2D eigenvalue weighted by atomic mass is 9.76. The van der Waals surface area contributed by atoms with Gasteiger partial charge in [-0.15, -0.1) is 5.10 Å². The highest BCUT2D eigenvalue weighted by atomic mass is 16.5. The molecule has 3 N–H and O–H groups in total. The van der Waals surface area contributed by atoms with Crippen LogP contribution in [0.1, 0.15) is 47.9 Å². The van der Waals surface area contributed by atoms with Gasteiger partial charge in [0.25, 0.3) is 0 Å². The average Bonchev–Trinajstić information content (AvgIpc) is 3.30. The number of nitrogens with two attached hydrogens (primary N) is 1. The minimum atomic E-state index is -0.294. The molecule has 0 spiro atoms. The van der Waals surface area contributed by atoms with E-state index in [1.54, 1.807) is 17.1 Å². The lowest BCUT2D eigenvalue weighted by Crippen LogP contribution is -2.22. The molecule has 0 bridgehead atoms. The van der Waals surface area contributed by atoms with Gasteiger partial charge < -0.3 is 10.5 Å². The Morgan fingerprint density at radius 1 is 1.26 bits per heavy atom. The van der Waals surface area contributed by atoms with E-state index in [4.69, 9.17) is 10.5 Å². The van der Waals surface area contributed by atoms with Gasteiger partial charge in [-0.1, -0.05) is 23.8 Å². The van der Waals surface area contributed by atoms with Crippen molar-refractivity contribution in [3.63, 3.8) is 0 Å². The summed E-state index contributed by atoms with van der Waals surface area (Å²) in [5.41, 5.74) is 10.2. The minimum absolute atomic E-state index is 0.124. The number of fused-ring (bicyclic) bond motifs is 1. The highest BCUT2D eigenvalue weighted by Crippen LogP contribution is 2.48. The van der Waals surface area contributed by atoms with Crippen molar-refractivity contribution >= 4 is 0 Å². The summed E-state index contributed by atoms with van der Waals surface area (Å²) < 4.78 is 7.35. The third kappa shape index (κ3) is 2.39. The van der Waals surface area contributed by atoms with E-state index in [0.717, 1.165) is 35.3 Å². The van der Waals surface area contributed by atoms with E-state index < -0.39 is 0 Å². The molecule has 1 saturated carbocycles. The maximum Gasteiger partial charge on any atom is 0.221 e. The first-order valence-electron chi connectivity index (χ1n) is 8.88. The summed E-state index contributed by atoms with van der Waals surface area (Å²) in [6.07, 6.45) is 6.83. The van der Waals surface area contributed by atoms with Gasteiger partial charge >= 0.3 is 0 Å². The fourth-order valence-electron chi connectivity index (χ4n) is 3.77. The van der Waals surface area contributed by atoms with Crippen LogP contribution in [-0.4, -0.2) is 25.2 Å². The molecule has 0 radical (unpaired) electrons. The summed E-state index contributed by atoms with van der Waals surface area (Å²) in [6, 6.07) is 10.1. The van der Waals surface area contributed by atoms with E-state index in [1.165, 1.54) is 6.42 Å². The molecule has 3 aromatic rings. The summed E-state index contributed by atoms with van der Waals surface area (Å²) in [5, 5.41) is 25.0. The van der Waals surface area contributed by atoms with E-state index in [1.807, 2.05) is 24.3 Å². The number of rotatable bonds is 3. The first-order valence-corrected chi connectivity index (χ1v) is 8.88. The van der Waals surface area contributed by atoms with Crippen LogP contribution in [0.4, 0.5) is 0 Å². The molecule has 2 aliphatic rings. The van der Waals surface area contributed by atoms with Gasteiger partial charge in [0.1, 0.15) is 11.6 Å². The van der Waals surface area contributed by atoms with Crippen LogP contribution in [0.25, 0.3) is 5.69 Å². The zero-order valence-corrected chi connectivity index (χ0v) is 14.5. The Morgan fingerprint density at radius 3 is 2.70 bits per heavy atom. The molecule has 1 aliphatic carbocycles. The lowest BCUT2D eigenvalue weighted by Gasteiger charge is -2.29. The Balaban J connectivity index is 1.61. The molecule has 0 amide bonds. The molecule has 8 heteroatoms. The SMILES string of the molecule is N#CC1=C(N)Oc2[nH]nc(C3CCC3)c2C1c1ccc(-n2ccnn2)cc1. The van der Waals surface area contributed by atoms with Crippen LogP contribution < -0.4 is 10.5 Å². The molecule has 1 fully saturated rings. The molecule has 27 heavy (non-hydrogen) atoms. The second-order valence-electron chi connectivity index (χ2n) is 6.84. The van der Waals surface area contributed by atoms with E-state index in [2.05, 4.69) is 26.6 Å². The molecule has 2 aromatic heterocycles. The summed E-state index contributed by atoms with van der Waals surface area (Å²) in [6.45, 7) is 0. The Bertz CT molecular complexity index is 1050. The normalized spacial score (nSPS) is 19.1. The summed E-state index contributed by atoms with van der Waals surface area (Å²) in [7, 11) is 0. The third-order valence-corrected chi connectivity index (χ3v) is 5.38. The molecule has 1 aromatic carbocycles. The highest BCUT2D eigenvalue weighted by Gasteiger charge is 2.38. The Morgan fingerprint density at radius 2 is 2.07 bits per heavy atom. The van der Waals surface area contributed by atoms with Crippen LogP contribution in [0, 0.1) is 11.3 Å². The van der Waals surface area contributed by atoms with Crippen molar-refractivity contribution in [2.24, 2.45) is 5.73 Å². The number of H-pyrrole nitrogens is 1. The van der Waals surface area contributed by atoms with Crippen LogP contribution in [0.3, 0.4) is 0 Å². The fraction of sp³-hybridized carbons (Fsp3) is 0.263. The number of nitrogens with zero attached hydrogens (tertiary/aromatic N) is 5. The Labute approximate surface area is 155 Å². The van der Waals surface area contributed by atoms with Crippen molar-refractivity contribution in [2.45, 2.75) is 31.1 Å². The van der Waals surface area contributed by atoms with Crippen molar-refractivity contribution in [3.05, 3.63) is 64.9 Å². The van der Waals surface area contributed by atoms with E-state index in [-0.39, 0.29) is 11.8 Å². The average molecular weight is 359 g/mol. The van der Waals surface area contributed by atoms with Gasteiger partial charge in [0, 0.05) is 5.92 Å². The summed E-state index contributed by atoms with van der Waals surface area (Å²) in [4.78, 5) is 0. The molecule has 1 aliphatic heterocycles. The standard InChI is InChI=1S/C19H17N7O/c20-10-14-15(11-4-6-13(7-5-11)26-9-8-22-25-26)16-17(12-2-1-3-12)23-24-19(16)27-18(14)21/h4-9,12,15H,1-3,21H2,(H,23,24). The molecule has 5 rings (SSSR count). The second kappa shape index (κ2) is 5.99. The van der Waals surface area contributed by atoms with Crippen LogP contribution in [0.15, 0.2) is 48.1 Å². The number of nitrogens with one attached hydrogen (secondary N) is 1. The van der Waals surface area contributed by atoms with Crippen molar-refractivity contribution in [3.8, 4) is 17.6 Å². The maximum atomic E-state index is 9.74. The maximum absolute atomic E-state index is 9.74. The first kappa shape index (κ1) is 15.6. The van der Waals surface area contributed by atoms with Gasteiger partial charge in [-0.05, 0) is 30.5 Å². The van der Waals surface area contributed by atoms with Crippen molar-refractivity contribution in [1.29, 1.82) is 5.26 Å². The molecule has 3 heterocycles. The number of hydrogen-bond acceptors (Lipinski definition) is 6. The van der Waals surface area contributed by atoms with E-state index in [0.29, 0.717) is 17.4 Å². The number of aromatic nitrogens is 5. The van der Waals surface area contributed by atoms with Crippen LogP contribution in [0.2, 0.25) is 0 Å². The van der Waals surface area contributed by atoms with Gasteiger partial charge in [-0.25, -0.2) is 9.78 Å². The zero-order chi connectivity index (χ0) is 18.4. The lowest BCUT2D eigenvalue weighted by molar-refractivity contribution is 0.376. The van der Waals surface area contributed by atoms with Crippen LogP contribution in [-0.2, 0) is 0 Å². The largest absolute Gasteiger partial charge is 0.422 e. The molecule has 8 nitrogen and oxygen atoms in total. The van der Waals surface area contributed by atoms with Gasteiger partial charge in [-0.2, -0.15) is 10.4 Å². The predicted octanol–water partition coefficient (Wildman–Crippen LogP) is 2.48. The molecule has 0 saturated heterocycles. The van der Waals surface area contributed by atoms with Crippen LogP contribution in [0.5, 0.6) is 5.88 Å². The second-order valence-corrected chi connectivity index (χ2v) is 6.84. The van der Waals surface area contributed by atoms with Crippen molar-refractivity contribution in [2.75, 3.05) is 0 Å². The highest BCUT2D eigenvalue weighted by molar-refractivity contribution is 5.56.